The first-order valence-electron chi connectivity index (χ1n) is 6.22. The smallest absolute Gasteiger partial charge is 0.126 e. The van der Waals surface area contributed by atoms with Crippen molar-refractivity contribution in [3.8, 4) is 0 Å². The second kappa shape index (κ2) is 5.78. The Morgan fingerprint density at radius 1 is 1.06 bits per heavy atom. The molecule has 0 aromatic heterocycles. The average molecular weight is 243 g/mol. The molecule has 0 saturated carbocycles. The van der Waals surface area contributed by atoms with Crippen molar-refractivity contribution < 1.29 is 4.39 Å². The Morgan fingerprint density at radius 3 is 2.39 bits per heavy atom. The summed E-state index contributed by atoms with van der Waals surface area (Å²) in [6.07, 6.45) is 1.42. The molecule has 2 rings (SSSR count). The fourth-order valence-corrected chi connectivity index (χ4v) is 1.99. The molecule has 0 bridgehead atoms. The predicted octanol–water partition coefficient (Wildman–Crippen LogP) is 3.77. The third-order valence-corrected chi connectivity index (χ3v) is 3.19. The maximum atomic E-state index is 13.5. The van der Waals surface area contributed by atoms with Crippen LogP contribution < -0.4 is 5.73 Å². The largest absolute Gasteiger partial charge is 0.324 e. The first-order valence-corrected chi connectivity index (χ1v) is 6.22. The molecule has 0 fully saturated rings. The lowest BCUT2D eigenvalue weighted by molar-refractivity contribution is 0.586. The molecule has 1 atom stereocenters. The minimum Gasteiger partial charge on any atom is -0.324 e. The van der Waals surface area contributed by atoms with E-state index < -0.39 is 0 Å². The minimum absolute atomic E-state index is 0.0368. The van der Waals surface area contributed by atoms with Crippen LogP contribution in [0.5, 0.6) is 0 Å². The number of hydrogen-bond acceptors (Lipinski definition) is 1. The molecule has 0 saturated heterocycles. The van der Waals surface area contributed by atoms with Gasteiger partial charge in [0.2, 0.25) is 0 Å². The zero-order valence-corrected chi connectivity index (χ0v) is 10.6. The van der Waals surface area contributed by atoms with Crippen molar-refractivity contribution in [2.45, 2.75) is 25.8 Å². The van der Waals surface area contributed by atoms with Crippen LogP contribution in [0.15, 0.2) is 48.5 Å². The Kier molecular flexibility index (Phi) is 4.11. The molecular weight excluding hydrogens is 225 g/mol. The highest BCUT2D eigenvalue weighted by Gasteiger charge is 2.07. The Labute approximate surface area is 107 Å². The lowest BCUT2D eigenvalue weighted by atomic mass is 9.99. The zero-order valence-electron chi connectivity index (χ0n) is 10.6. The van der Waals surface area contributed by atoms with E-state index in [9.17, 15) is 4.39 Å². The predicted molar refractivity (Wildman–Crippen MR) is 72.8 cm³/mol. The molecule has 18 heavy (non-hydrogen) atoms. The molecule has 0 amide bonds. The fraction of sp³-hybridized carbons (Fsp3) is 0.250. The molecule has 1 nitrogen and oxygen atoms in total. The van der Waals surface area contributed by atoms with Crippen LogP contribution in [0.3, 0.4) is 0 Å². The Bertz CT molecular complexity index is 505. The van der Waals surface area contributed by atoms with Crippen molar-refractivity contribution >= 4 is 0 Å². The summed E-state index contributed by atoms with van der Waals surface area (Å²) in [5.41, 5.74) is 9.19. The molecule has 0 aliphatic heterocycles. The molecular formula is C16H18FN. The zero-order chi connectivity index (χ0) is 13.0. The normalized spacial score (nSPS) is 12.4. The van der Waals surface area contributed by atoms with Crippen LogP contribution in [0, 0.1) is 12.7 Å². The summed E-state index contributed by atoms with van der Waals surface area (Å²) in [4.78, 5) is 0. The summed E-state index contributed by atoms with van der Waals surface area (Å²) in [7, 11) is 0. The summed E-state index contributed by atoms with van der Waals surface area (Å²) >= 11 is 0. The second-order valence-electron chi connectivity index (χ2n) is 4.65. The molecule has 2 N–H and O–H groups in total. The molecule has 0 radical (unpaired) electrons. The van der Waals surface area contributed by atoms with Crippen LogP contribution >= 0.6 is 0 Å². The quantitative estimate of drug-likeness (QED) is 0.869. The average Bonchev–Trinajstić information content (AvgIpc) is 2.38. The number of halogens is 1. The molecule has 0 spiro atoms. The molecule has 0 aliphatic carbocycles. The van der Waals surface area contributed by atoms with E-state index in [1.165, 1.54) is 11.6 Å². The summed E-state index contributed by atoms with van der Waals surface area (Å²) in [6.45, 7) is 2.05. The first-order chi connectivity index (χ1) is 8.66. The van der Waals surface area contributed by atoms with E-state index in [-0.39, 0.29) is 11.9 Å². The molecule has 2 heteroatoms. The topological polar surface area (TPSA) is 26.0 Å². The van der Waals surface area contributed by atoms with Gasteiger partial charge in [0, 0.05) is 6.04 Å². The SMILES string of the molecule is Cc1ccc(C(N)CCc2ccccc2F)cc1. The van der Waals surface area contributed by atoms with Gasteiger partial charge in [0.15, 0.2) is 0 Å². The van der Waals surface area contributed by atoms with Crippen molar-refractivity contribution in [3.63, 3.8) is 0 Å². The molecule has 0 aliphatic rings. The van der Waals surface area contributed by atoms with Gasteiger partial charge in [-0.1, -0.05) is 48.0 Å². The van der Waals surface area contributed by atoms with Crippen LogP contribution in [-0.4, -0.2) is 0 Å². The van der Waals surface area contributed by atoms with Crippen LogP contribution in [0.4, 0.5) is 4.39 Å². The standard InChI is InChI=1S/C16H18FN/c1-12-6-8-14(9-7-12)16(18)11-10-13-4-2-3-5-15(13)17/h2-9,16H,10-11,18H2,1H3. The second-order valence-corrected chi connectivity index (χ2v) is 4.65. The number of benzene rings is 2. The molecule has 94 valence electrons. The third-order valence-electron chi connectivity index (χ3n) is 3.19. The van der Waals surface area contributed by atoms with Gasteiger partial charge in [0.1, 0.15) is 5.82 Å². The van der Waals surface area contributed by atoms with Crippen molar-refractivity contribution in [2.24, 2.45) is 5.73 Å². The molecule has 2 aromatic carbocycles. The van der Waals surface area contributed by atoms with E-state index in [4.69, 9.17) is 5.73 Å². The third kappa shape index (κ3) is 3.17. The van der Waals surface area contributed by atoms with Crippen molar-refractivity contribution in [2.75, 3.05) is 0 Å². The van der Waals surface area contributed by atoms with Gasteiger partial charge in [-0.25, -0.2) is 4.39 Å². The number of hydrogen-bond donors (Lipinski definition) is 1. The Morgan fingerprint density at radius 2 is 1.72 bits per heavy atom. The lowest BCUT2D eigenvalue weighted by Gasteiger charge is -2.12. The van der Waals surface area contributed by atoms with Gasteiger partial charge in [-0.05, 0) is 37.0 Å². The van der Waals surface area contributed by atoms with E-state index in [0.717, 1.165) is 17.5 Å². The van der Waals surface area contributed by atoms with E-state index >= 15 is 0 Å². The molecule has 1 unspecified atom stereocenters. The number of nitrogens with two attached hydrogens (primary N) is 1. The van der Waals surface area contributed by atoms with E-state index in [0.29, 0.717) is 6.42 Å². The van der Waals surface area contributed by atoms with Gasteiger partial charge in [0.05, 0.1) is 0 Å². The fourth-order valence-electron chi connectivity index (χ4n) is 1.99. The lowest BCUT2D eigenvalue weighted by Crippen LogP contribution is -2.11. The maximum absolute atomic E-state index is 13.5. The highest BCUT2D eigenvalue weighted by Crippen LogP contribution is 2.18. The maximum Gasteiger partial charge on any atom is 0.126 e. The summed E-state index contributed by atoms with van der Waals surface area (Å²) in [5.74, 6) is -0.145. The molecule has 0 heterocycles. The van der Waals surface area contributed by atoms with Crippen molar-refractivity contribution in [1.29, 1.82) is 0 Å². The first kappa shape index (κ1) is 12.8. The van der Waals surface area contributed by atoms with Gasteiger partial charge < -0.3 is 5.73 Å². The summed E-state index contributed by atoms with van der Waals surface area (Å²) in [6, 6.07) is 15.0. The van der Waals surface area contributed by atoms with Crippen LogP contribution in [0.25, 0.3) is 0 Å². The monoisotopic (exact) mass is 243 g/mol. The van der Waals surface area contributed by atoms with Crippen molar-refractivity contribution in [1.82, 2.24) is 0 Å². The minimum atomic E-state index is -0.145. The highest BCUT2D eigenvalue weighted by molar-refractivity contribution is 5.24. The van der Waals surface area contributed by atoms with Gasteiger partial charge in [0.25, 0.3) is 0 Å². The van der Waals surface area contributed by atoms with E-state index in [2.05, 4.69) is 19.1 Å². The van der Waals surface area contributed by atoms with E-state index in [1.54, 1.807) is 6.07 Å². The van der Waals surface area contributed by atoms with Crippen LogP contribution in [0.2, 0.25) is 0 Å². The molecule has 2 aromatic rings. The van der Waals surface area contributed by atoms with Gasteiger partial charge in [-0.3, -0.25) is 0 Å². The van der Waals surface area contributed by atoms with Crippen LogP contribution in [0.1, 0.15) is 29.2 Å². The summed E-state index contributed by atoms with van der Waals surface area (Å²) in [5, 5.41) is 0. The Balaban J connectivity index is 1.98. The van der Waals surface area contributed by atoms with Crippen molar-refractivity contribution in [3.05, 3.63) is 71.0 Å². The van der Waals surface area contributed by atoms with Crippen LogP contribution in [-0.2, 0) is 6.42 Å². The van der Waals surface area contributed by atoms with E-state index in [1.807, 2.05) is 24.3 Å². The summed E-state index contributed by atoms with van der Waals surface area (Å²) < 4.78 is 13.5. The van der Waals surface area contributed by atoms with Gasteiger partial charge in [-0.15, -0.1) is 0 Å². The number of aryl methyl sites for hydroxylation is 2. The van der Waals surface area contributed by atoms with Gasteiger partial charge >= 0.3 is 0 Å². The Hall–Kier alpha value is -1.67. The highest BCUT2D eigenvalue weighted by atomic mass is 19.1. The number of rotatable bonds is 4. The van der Waals surface area contributed by atoms with Gasteiger partial charge in [-0.2, -0.15) is 0 Å².